The number of aromatic amines is 1. The van der Waals surface area contributed by atoms with Crippen LogP contribution in [0.5, 0.6) is 0 Å². The normalized spacial score (nSPS) is 12.2. The van der Waals surface area contributed by atoms with Crippen molar-refractivity contribution in [3.63, 3.8) is 0 Å². The number of H-pyrrole nitrogens is 1. The van der Waals surface area contributed by atoms with E-state index >= 15 is 0 Å². The maximum absolute atomic E-state index is 4.53. The minimum Gasteiger partial charge on any atom is -0.350 e. The Bertz CT molecular complexity index is 459. The van der Waals surface area contributed by atoms with Gasteiger partial charge in [-0.25, -0.2) is 0 Å². The van der Waals surface area contributed by atoms with Crippen molar-refractivity contribution in [1.29, 1.82) is 0 Å². The quantitative estimate of drug-likeness (QED) is 0.562. The van der Waals surface area contributed by atoms with Gasteiger partial charge in [-0.3, -0.25) is 0 Å². The molecule has 2 rings (SSSR count). The fourth-order valence-corrected chi connectivity index (χ4v) is 4.15. The zero-order valence-electron chi connectivity index (χ0n) is 11.1. The van der Waals surface area contributed by atoms with Gasteiger partial charge in [0.15, 0.2) is 0 Å². The smallest absolute Gasteiger partial charge is 0.0732 e. The second-order valence-corrected chi connectivity index (χ2v) is 6.21. The van der Waals surface area contributed by atoms with Crippen molar-refractivity contribution in [3.8, 4) is 0 Å². The van der Waals surface area contributed by atoms with Crippen LogP contribution in [0.2, 0.25) is 0 Å². The molecule has 1 aromatic heterocycles. The molecule has 0 aliphatic heterocycles. The van der Waals surface area contributed by atoms with Crippen molar-refractivity contribution < 1.29 is 0 Å². The Hall–Kier alpha value is -0.540. The summed E-state index contributed by atoms with van der Waals surface area (Å²) in [6.07, 6.45) is 2.39. The van der Waals surface area contributed by atoms with Crippen molar-refractivity contribution in [2.24, 2.45) is 5.41 Å². The fraction of sp³-hybridized carbons (Fsp3) is 0.467. The molecule has 1 nitrogen and oxygen atoms in total. The summed E-state index contributed by atoms with van der Waals surface area (Å²) in [6, 6.07) is 10.7. The number of aromatic nitrogens is 1. The number of rotatable bonds is 6. The summed E-state index contributed by atoms with van der Waals surface area (Å²) in [7, 11) is 0. The first-order valence-electron chi connectivity index (χ1n) is 6.54. The van der Waals surface area contributed by atoms with E-state index in [9.17, 15) is 0 Å². The molecule has 1 N–H and O–H groups in total. The molecule has 1 aromatic carbocycles. The monoisotopic (exact) mass is 279 g/mol. The van der Waals surface area contributed by atoms with Crippen LogP contribution in [0.1, 0.15) is 26.7 Å². The van der Waals surface area contributed by atoms with E-state index in [0.717, 1.165) is 11.5 Å². The van der Waals surface area contributed by atoms with Gasteiger partial charge in [0.05, 0.1) is 5.03 Å². The largest absolute Gasteiger partial charge is 0.350 e. The highest BCUT2D eigenvalue weighted by Crippen LogP contribution is 2.35. The van der Waals surface area contributed by atoms with E-state index in [1.807, 2.05) is 11.8 Å². The Balaban J connectivity index is 2.09. The summed E-state index contributed by atoms with van der Waals surface area (Å²) >= 11 is 6.46. The molecule has 0 spiro atoms. The van der Waals surface area contributed by atoms with Gasteiger partial charge in [0.2, 0.25) is 0 Å². The van der Waals surface area contributed by atoms with Gasteiger partial charge < -0.3 is 4.98 Å². The van der Waals surface area contributed by atoms with E-state index in [0.29, 0.717) is 5.41 Å². The van der Waals surface area contributed by atoms with Crippen LogP contribution in [-0.4, -0.2) is 16.5 Å². The molecule has 0 fully saturated rings. The molecule has 0 saturated heterocycles. The van der Waals surface area contributed by atoms with Crippen LogP contribution >= 0.6 is 24.4 Å². The third-order valence-corrected chi connectivity index (χ3v) is 5.83. The van der Waals surface area contributed by atoms with Crippen LogP contribution in [0.4, 0.5) is 0 Å². The molecule has 18 heavy (non-hydrogen) atoms. The fourth-order valence-electron chi connectivity index (χ4n) is 2.08. The van der Waals surface area contributed by atoms with Crippen molar-refractivity contribution in [2.45, 2.75) is 31.7 Å². The molecular weight excluding hydrogens is 258 g/mol. The number of hydrogen-bond acceptors (Lipinski definition) is 2. The highest BCUT2D eigenvalue weighted by molar-refractivity contribution is 7.99. The van der Waals surface area contributed by atoms with Gasteiger partial charge in [-0.05, 0) is 36.1 Å². The maximum Gasteiger partial charge on any atom is 0.0732 e. The van der Waals surface area contributed by atoms with Gasteiger partial charge in [0.25, 0.3) is 0 Å². The molecule has 0 amide bonds. The molecule has 0 unspecified atom stereocenters. The number of hydrogen-bond donors (Lipinski definition) is 2. The van der Waals surface area contributed by atoms with E-state index in [2.05, 4.69) is 61.8 Å². The second-order valence-electron chi connectivity index (χ2n) is 4.87. The summed E-state index contributed by atoms with van der Waals surface area (Å²) in [4.78, 5) is 3.48. The summed E-state index contributed by atoms with van der Waals surface area (Å²) in [5.41, 5.74) is 1.59. The minimum absolute atomic E-state index is 0.366. The lowest BCUT2D eigenvalue weighted by atomic mass is 9.87. The standard InChI is InChI=1S/C15H21NS2/c1-3-15(4-2,10-17)11-18-14-9-12-7-5-6-8-13(12)16-14/h5-9,16-17H,3-4,10-11H2,1-2H3. The summed E-state index contributed by atoms with van der Waals surface area (Å²) in [5.74, 6) is 2.10. The molecule has 1 heterocycles. The number of nitrogens with one attached hydrogen (secondary N) is 1. The number of fused-ring (bicyclic) bond motifs is 1. The summed E-state index contributed by atoms with van der Waals surface area (Å²) in [5, 5.41) is 2.56. The van der Waals surface area contributed by atoms with Crippen molar-refractivity contribution in [3.05, 3.63) is 30.3 Å². The lowest BCUT2D eigenvalue weighted by Crippen LogP contribution is -2.24. The number of thiol groups is 1. The van der Waals surface area contributed by atoms with Crippen molar-refractivity contribution in [1.82, 2.24) is 4.98 Å². The summed E-state index contributed by atoms with van der Waals surface area (Å²) in [6.45, 7) is 4.54. The lowest BCUT2D eigenvalue weighted by molar-refractivity contribution is 0.357. The third-order valence-electron chi connectivity index (χ3n) is 3.87. The molecule has 0 aliphatic carbocycles. The average molecular weight is 279 g/mol. The molecule has 0 atom stereocenters. The Morgan fingerprint density at radius 1 is 1.22 bits per heavy atom. The zero-order valence-corrected chi connectivity index (χ0v) is 12.8. The molecular formula is C15H21NS2. The number of benzene rings is 1. The van der Waals surface area contributed by atoms with Crippen molar-refractivity contribution in [2.75, 3.05) is 11.5 Å². The highest BCUT2D eigenvalue weighted by Gasteiger charge is 2.24. The molecule has 0 bridgehead atoms. The molecule has 0 aliphatic rings. The van der Waals surface area contributed by atoms with Gasteiger partial charge in [-0.1, -0.05) is 32.0 Å². The van der Waals surface area contributed by atoms with Gasteiger partial charge >= 0.3 is 0 Å². The third kappa shape index (κ3) is 2.89. The molecule has 2 aromatic rings. The van der Waals surface area contributed by atoms with Gasteiger partial charge in [-0.15, -0.1) is 11.8 Å². The molecule has 0 radical (unpaired) electrons. The molecule has 98 valence electrons. The number of thioether (sulfide) groups is 1. The Kier molecular flexibility index (Phi) is 4.68. The first kappa shape index (κ1) is 13.9. The number of para-hydroxylation sites is 1. The molecule has 3 heteroatoms. The predicted molar refractivity (Wildman–Crippen MR) is 85.9 cm³/mol. The Labute approximate surface area is 119 Å². The second kappa shape index (κ2) is 6.07. The maximum atomic E-state index is 4.53. The Morgan fingerprint density at radius 3 is 2.56 bits per heavy atom. The predicted octanol–water partition coefficient (Wildman–Crippen LogP) is 5.00. The van der Waals surface area contributed by atoms with E-state index < -0.39 is 0 Å². The summed E-state index contributed by atoms with van der Waals surface area (Å²) < 4.78 is 0. The molecule has 0 saturated carbocycles. The van der Waals surface area contributed by atoms with E-state index in [4.69, 9.17) is 0 Å². The van der Waals surface area contributed by atoms with E-state index in [1.165, 1.54) is 28.8 Å². The van der Waals surface area contributed by atoms with Crippen LogP contribution in [-0.2, 0) is 0 Å². The van der Waals surface area contributed by atoms with Crippen LogP contribution in [0.3, 0.4) is 0 Å². The minimum atomic E-state index is 0.366. The van der Waals surface area contributed by atoms with Gasteiger partial charge in [-0.2, -0.15) is 12.6 Å². The van der Waals surface area contributed by atoms with Crippen LogP contribution in [0.25, 0.3) is 10.9 Å². The van der Waals surface area contributed by atoms with E-state index in [1.54, 1.807) is 0 Å². The topological polar surface area (TPSA) is 15.8 Å². The van der Waals surface area contributed by atoms with Crippen molar-refractivity contribution >= 4 is 35.3 Å². The van der Waals surface area contributed by atoms with Gasteiger partial charge in [0, 0.05) is 16.7 Å². The first-order chi connectivity index (χ1) is 8.73. The van der Waals surface area contributed by atoms with Crippen LogP contribution in [0, 0.1) is 5.41 Å². The lowest BCUT2D eigenvalue weighted by Gasteiger charge is -2.29. The average Bonchev–Trinajstić information content (AvgIpc) is 2.84. The SMILES string of the molecule is CCC(CC)(CS)CSc1cc2ccccc2[nH]1. The highest BCUT2D eigenvalue weighted by atomic mass is 32.2. The first-order valence-corrected chi connectivity index (χ1v) is 8.16. The Morgan fingerprint density at radius 2 is 1.94 bits per heavy atom. The van der Waals surface area contributed by atoms with Crippen LogP contribution < -0.4 is 0 Å². The van der Waals surface area contributed by atoms with Crippen LogP contribution in [0.15, 0.2) is 35.4 Å². The van der Waals surface area contributed by atoms with E-state index in [-0.39, 0.29) is 0 Å². The van der Waals surface area contributed by atoms with Gasteiger partial charge in [0.1, 0.15) is 0 Å². The zero-order chi connectivity index (χ0) is 13.0.